The van der Waals surface area contributed by atoms with Gasteiger partial charge >= 0.3 is 0 Å². The van der Waals surface area contributed by atoms with Gasteiger partial charge in [0.15, 0.2) is 0 Å². The highest BCUT2D eigenvalue weighted by atomic mass is 16.5. The fourth-order valence-electron chi connectivity index (χ4n) is 4.03. The highest BCUT2D eigenvalue weighted by Gasteiger charge is 2.11. The van der Waals surface area contributed by atoms with Gasteiger partial charge in [0.05, 0.1) is 0 Å². The van der Waals surface area contributed by atoms with E-state index in [1.54, 1.807) is 11.6 Å². The van der Waals surface area contributed by atoms with Crippen molar-refractivity contribution in [2.45, 2.75) is 25.7 Å². The van der Waals surface area contributed by atoms with Gasteiger partial charge in [0, 0.05) is 22.7 Å². The summed E-state index contributed by atoms with van der Waals surface area (Å²) in [4.78, 5) is 14.7. The first-order valence-corrected chi connectivity index (χ1v) is 11.3. The second kappa shape index (κ2) is 11.1. The second-order valence-corrected chi connectivity index (χ2v) is 7.99. The lowest BCUT2D eigenvalue weighted by Gasteiger charge is -2.04. The summed E-state index contributed by atoms with van der Waals surface area (Å²) >= 11 is 0. The molecule has 0 bridgehead atoms. The minimum Gasteiger partial charge on any atom is -0.354 e. The molecule has 4 heteroatoms. The molecule has 0 aliphatic carbocycles. The molecule has 1 amide bonds. The normalized spacial score (nSPS) is 11.5. The Balaban J connectivity index is 1.33. The fraction of sp³-hybridized carbons (Fsp3) is 0.138. The number of H-pyrrole nitrogens is 1. The van der Waals surface area contributed by atoms with Crippen LogP contribution in [-0.4, -0.2) is 16.1 Å². The van der Waals surface area contributed by atoms with Gasteiger partial charge in [-0.2, -0.15) is 0 Å². The topological polar surface area (TPSA) is 65.1 Å². The summed E-state index contributed by atoms with van der Waals surface area (Å²) in [6, 6.07) is 27.1. The van der Waals surface area contributed by atoms with Crippen molar-refractivity contribution in [2.75, 3.05) is 0 Å². The van der Waals surface area contributed by atoms with Gasteiger partial charge in [-0.1, -0.05) is 84.9 Å². The molecule has 0 saturated heterocycles. The maximum Gasteiger partial charge on any atom is 0.267 e. The summed E-state index contributed by atoms with van der Waals surface area (Å²) in [5, 5.41) is 9.82. The van der Waals surface area contributed by atoms with E-state index >= 15 is 0 Å². The van der Waals surface area contributed by atoms with Gasteiger partial charge in [-0.05, 0) is 60.1 Å². The molecule has 4 aromatic rings. The lowest BCUT2D eigenvalue weighted by molar-refractivity contribution is -0.124. The number of nitrogens with one attached hydrogen (secondary N) is 2. The van der Waals surface area contributed by atoms with Crippen molar-refractivity contribution in [3.8, 4) is 11.3 Å². The molecule has 4 rings (SSSR count). The number of amides is 1. The number of benzene rings is 3. The molecule has 0 atom stereocenters. The maximum absolute atomic E-state index is 11.1. The Morgan fingerprint density at radius 3 is 2.30 bits per heavy atom. The number of fused-ring (bicyclic) bond motifs is 1. The largest absolute Gasteiger partial charge is 0.354 e. The monoisotopic (exact) mass is 436 g/mol. The van der Waals surface area contributed by atoms with Gasteiger partial charge in [-0.25, -0.2) is 5.48 Å². The zero-order chi connectivity index (χ0) is 22.9. The number of para-hydroxylation sites is 1. The van der Waals surface area contributed by atoms with Crippen LogP contribution in [0.15, 0.2) is 97.1 Å². The molecule has 166 valence electrons. The van der Waals surface area contributed by atoms with Crippen molar-refractivity contribution in [2.24, 2.45) is 0 Å². The number of carbonyl (C=O) groups is 1. The van der Waals surface area contributed by atoms with Crippen LogP contribution in [0.5, 0.6) is 0 Å². The minimum atomic E-state index is -0.535. The molecule has 3 aromatic carbocycles. The van der Waals surface area contributed by atoms with E-state index in [9.17, 15) is 4.79 Å². The molecule has 0 aliphatic heterocycles. The number of carbonyl (C=O) groups excluding carboxylic acids is 1. The molecule has 3 N–H and O–H groups in total. The predicted octanol–water partition coefficient (Wildman–Crippen LogP) is 6.48. The summed E-state index contributed by atoms with van der Waals surface area (Å²) in [7, 11) is 0. The van der Waals surface area contributed by atoms with Crippen LogP contribution in [0, 0.1) is 0 Å². The summed E-state index contributed by atoms with van der Waals surface area (Å²) in [5.74, 6) is -0.535. The van der Waals surface area contributed by atoms with E-state index in [4.69, 9.17) is 5.21 Å². The third-order valence-electron chi connectivity index (χ3n) is 5.72. The van der Waals surface area contributed by atoms with E-state index in [0.29, 0.717) is 0 Å². The van der Waals surface area contributed by atoms with Gasteiger partial charge in [0.1, 0.15) is 0 Å². The van der Waals surface area contributed by atoms with Crippen LogP contribution in [-0.2, 0) is 17.6 Å². The molecule has 0 radical (unpaired) electrons. The number of hydrogen-bond donors (Lipinski definition) is 3. The number of aromatic amines is 1. The lowest BCUT2D eigenvalue weighted by Crippen LogP contribution is -2.14. The van der Waals surface area contributed by atoms with Crippen molar-refractivity contribution in [1.82, 2.24) is 10.5 Å². The molecular weight excluding hydrogens is 408 g/mol. The van der Waals surface area contributed by atoms with Crippen LogP contribution in [0.1, 0.15) is 29.5 Å². The second-order valence-electron chi connectivity index (χ2n) is 7.99. The van der Waals surface area contributed by atoms with Crippen LogP contribution in [0.25, 0.3) is 28.2 Å². The van der Waals surface area contributed by atoms with Crippen LogP contribution < -0.4 is 5.48 Å². The quantitative estimate of drug-likeness (QED) is 0.122. The number of allylic oxidation sites excluding steroid dienone is 2. The Hall–Kier alpha value is -3.89. The molecular formula is C29H28N2O2. The van der Waals surface area contributed by atoms with Gasteiger partial charge < -0.3 is 4.98 Å². The molecule has 0 fully saturated rings. The van der Waals surface area contributed by atoms with Crippen LogP contribution in [0.4, 0.5) is 0 Å². The van der Waals surface area contributed by atoms with E-state index in [1.165, 1.54) is 39.4 Å². The Morgan fingerprint density at radius 1 is 0.848 bits per heavy atom. The standard InChI is InChI=1S/C29H28N2O2/c32-28(31-33)21-20-23-18-16-22(17-19-23)10-4-1-2-7-14-26-25-13-8-9-15-27(25)30-29(26)24-11-5-3-6-12-24/h1-3,5-6,8-9,11-13,15-21,30,33H,4,7,10,14H2,(H,31,32)/b2-1+,21-20+. The first-order valence-electron chi connectivity index (χ1n) is 11.3. The highest BCUT2D eigenvalue weighted by Crippen LogP contribution is 2.31. The smallest absolute Gasteiger partial charge is 0.267 e. The third kappa shape index (κ3) is 5.88. The molecule has 4 nitrogen and oxygen atoms in total. The van der Waals surface area contributed by atoms with Crippen molar-refractivity contribution in [1.29, 1.82) is 0 Å². The van der Waals surface area contributed by atoms with Gasteiger partial charge in [0.2, 0.25) is 0 Å². The first kappa shape index (κ1) is 22.3. The van der Waals surface area contributed by atoms with Crippen LogP contribution in [0.3, 0.4) is 0 Å². The van der Waals surface area contributed by atoms with E-state index in [2.05, 4.69) is 83.9 Å². The number of aromatic nitrogens is 1. The number of hydrogen-bond acceptors (Lipinski definition) is 2. The molecule has 1 aromatic heterocycles. The Kier molecular flexibility index (Phi) is 7.52. The van der Waals surface area contributed by atoms with E-state index < -0.39 is 5.91 Å². The third-order valence-corrected chi connectivity index (χ3v) is 5.72. The average molecular weight is 437 g/mol. The summed E-state index contributed by atoms with van der Waals surface area (Å²) < 4.78 is 0. The van der Waals surface area contributed by atoms with Crippen LogP contribution in [0.2, 0.25) is 0 Å². The Bertz CT molecular complexity index is 1250. The van der Waals surface area contributed by atoms with E-state index in [-0.39, 0.29) is 0 Å². The first-order chi connectivity index (χ1) is 16.2. The maximum atomic E-state index is 11.1. The van der Waals surface area contributed by atoms with Gasteiger partial charge in [-0.3, -0.25) is 10.0 Å². The Morgan fingerprint density at radius 2 is 1.55 bits per heavy atom. The molecule has 0 saturated carbocycles. The van der Waals surface area contributed by atoms with Crippen molar-refractivity contribution >= 4 is 22.9 Å². The van der Waals surface area contributed by atoms with Crippen LogP contribution >= 0.6 is 0 Å². The number of hydroxylamine groups is 1. The minimum absolute atomic E-state index is 0.535. The summed E-state index contributed by atoms with van der Waals surface area (Å²) in [6.45, 7) is 0. The Labute approximate surface area is 194 Å². The van der Waals surface area contributed by atoms with Crippen molar-refractivity contribution in [3.63, 3.8) is 0 Å². The zero-order valence-electron chi connectivity index (χ0n) is 18.5. The number of rotatable bonds is 9. The SMILES string of the molecule is O=C(/C=C/c1ccc(CC/C=C/CCc2c(-c3ccccc3)[nH]c3ccccc23)cc1)NO. The fourth-order valence-corrected chi connectivity index (χ4v) is 4.03. The average Bonchev–Trinajstić information content (AvgIpc) is 3.24. The van der Waals surface area contributed by atoms with Crippen molar-refractivity contribution in [3.05, 3.63) is 114 Å². The summed E-state index contributed by atoms with van der Waals surface area (Å²) in [5.41, 5.74) is 8.77. The lowest BCUT2D eigenvalue weighted by atomic mass is 10.0. The number of aryl methyl sites for hydroxylation is 2. The zero-order valence-corrected chi connectivity index (χ0v) is 18.5. The molecule has 33 heavy (non-hydrogen) atoms. The molecule has 1 heterocycles. The molecule has 0 unspecified atom stereocenters. The van der Waals surface area contributed by atoms with Gasteiger partial charge in [-0.15, -0.1) is 0 Å². The highest BCUT2D eigenvalue weighted by molar-refractivity contribution is 5.91. The summed E-state index contributed by atoms with van der Waals surface area (Å²) in [6.07, 6.45) is 11.5. The predicted molar refractivity (Wildman–Crippen MR) is 135 cm³/mol. The van der Waals surface area contributed by atoms with Gasteiger partial charge in [0.25, 0.3) is 5.91 Å². The van der Waals surface area contributed by atoms with E-state index in [1.807, 2.05) is 12.1 Å². The molecule has 0 spiro atoms. The van der Waals surface area contributed by atoms with E-state index in [0.717, 1.165) is 31.2 Å². The van der Waals surface area contributed by atoms with Crippen molar-refractivity contribution < 1.29 is 10.0 Å². The molecule has 0 aliphatic rings.